The Morgan fingerprint density at radius 2 is 1.31 bits per heavy atom. The number of hydrogen-bond acceptors (Lipinski definition) is 2. The van der Waals surface area contributed by atoms with Gasteiger partial charge in [0.1, 0.15) is 0 Å². The molecule has 1 aliphatic rings. The van der Waals surface area contributed by atoms with E-state index in [9.17, 15) is 0 Å². The van der Waals surface area contributed by atoms with Crippen molar-refractivity contribution in [1.82, 2.24) is 0 Å². The summed E-state index contributed by atoms with van der Waals surface area (Å²) in [5.74, 6) is 0. The van der Waals surface area contributed by atoms with Gasteiger partial charge >= 0.3 is 0 Å². The van der Waals surface area contributed by atoms with E-state index in [1.165, 1.54) is 51.4 Å². The van der Waals surface area contributed by atoms with E-state index < -0.39 is 0 Å². The third-order valence-corrected chi connectivity index (χ3v) is 2.61. The second kappa shape index (κ2) is 14.9. The van der Waals surface area contributed by atoms with E-state index in [0.717, 1.165) is 26.4 Å². The highest BCUT2D eigenvalue weighted by Crippen LogP contribution is 1.98. The summed E-state index contributed by atoms with van der Waals surface area (Å²) in [6.07, 6.45) is 10.2. The molecule has 0 amide bonds. The zero-order valence-electron chi connectivity index (χ0n) is 11.3. The highest BCUT2D eigenvalue weighted by Gasteiger charge is 1.94. The summed E-state index contributed by atoms with van der Waals surface area (Å²) in [7, 11) is 0. The maximum Gasteiger partial charge on any atom is 0.0466 e. The Bertz CT molecular complexity index is 95.7. The van der Waals surface area contributed by atoms with Crippen molar-refractivity contribution in [3.63, 3.8) is 0 Å². The van der Waals surface area contributed by atoms with Crippen LogP contribution in [-0.2, 0) is 9.47 Å². The molecule has 0 N–H and O–H groups in total. The van der Waals surface area contributed by atoms with Crippen LogP contribution in [0.5, 0.6) is 0 Å². The average Bonchev–Trinajstić information content (AvgIpc) is 2.87. The molecule has 0 aromatic heterocycles. The van der Waals surface area contributed by atoms with E-state index in [4.69, 9.17) is 9.47 Å². The maximum absolute atomic E-state index is 5.44. The molecule has 0 bridgehead atoms. The fraction of sp³-hybridized carbons (Fsp3) is 1.00. The fourth-order valence-corrected chi connectivity index (χ4v) is 1.52. The Morgan fingerprint density at radius 3 is 1.62 bits per heavy atom. The third kappa shape index (κ3) is 13.9. The van der Waals surface area contributed by atoms with Crippen LogP contribution in [0.3, 0.4) is 0 Å². The smallest absolute Gasteiger partial charge is 0.0466 e. The number of unbranched alkanes of at least 4 members (excludes halogenated alkanes) is 4. The van der Waals surface area contributed by atoms with Gasteiger partial charge in [-0.1, -0.05) is 39.5 Å². The van der Waals surface area contributed by atoms with E-state index in [1.807, 2.05) is 0 Å². The van der Waals surface area contributed by atoms with Crippen molar-refractivity contribution >= 4 is 0 Å². The predicted molar refractivity (Wildman–Crippen MR) is 69.9 cm³/mol. The molecule has 0 aromatic carbocycles. The van der Waals surface area contributed by atoms with Gasteiger partial charge in [-0.2, -0.15) is 0 Å². The molecule has 0 spiro atoms. The Labute approximate surface area is 102 Å². The minimum Gasteiger partial charge on any atom is -0.381 e. The van der Waals surface area contributed by atoms with Crippen LogP contribution >= 0.6 is 0 Å². The van der Waals surface area contributed by atoms with Crippen LogP contribution in [-0.4, -0.2) is 26.4 Å². The van der Waals surface area contributed by atoms with Gasteiger partial charge in [0.2, 0.25) is 0 Å². The van der Waals surface area contributed by atoms with Gasteiger partial charge in [0, 0.05) is 26.4 Å². The first-order valence-corrected chi connectivity index (χ1v) is 7.07. The van der Waals surface area contributed by atoms with Gasteiger partial charge in [-0.3, -0.25) is 0 Å². The summed E-state index contributed by atoms with van der Waals surface area (Å²) in [5.41, 5.74) is 0. The molecule has 1 rings (SSSR count). The molecular formula is C14H30O2. The van der Waals surface area contributed by atoms with E-state index in [0.29, 0.717) is 0 Å². The number of hydrogen-bond donors (Lipinski definition) is 0. The maximum atomic E-state index is 5.44. The van der Waals surface area contributed by atoms with Crippen LogP contribution in [0.1, 0.15) is 65.2 Å². The summed E-state index contributed by atoms with van der Waals surface area (Å²) in [4.78, 5) is 0. The third-order valence-electron chi connectivity index (χ3n) is 2.61. The van der Waals surface area contributed by atoms with Gasteiger partial charge in [0.15, 0.2) is 0 Å². The van der Waals surface area contributed by atoms with Crippen molar-refractivity contribution in [2.45, 2.75) is 65.2 Å². The molecule has 16 heavy (non-hydrogen) atoms. The van der Waals surface area contributed by atoms with Gasteiger partial charge in [0.25, 0.3) is 0 Å². The largest absolute Gasteiger partial charge is 0.381 e. The SMILES string of the molecule is C1CCOC1.CCCCCOCCCCC. The van der Waals surface area contributed by atoms with Gasteiger partial charge in [-0.15, -0.1) is 0 Å². The van der Waals surface area contributed by atoms with Gasteiger partial charge in [-0.25, -0.2) is 0 Å². The lowest BCUT2D eigenvalue weighted by Gasteiger charge is -2.01. The second-order valence-corrected chi connectivity index (χ2v) is 4.35. The van der Waals surface area contributed by atoms with E-state index in [1.54, 1.807) is 0 Å². The topological polar surface area (TPSA) is 18.5 Å². The molecule has 0 radical (unpaired) electrons. The molecule has 0 aliphatic carbocycles. The number of rotatable bonds is 8. The molecule has 2 heteroatoms. The standard InChI is InChI=1S/C10H22O.C4H8O/c1-3-5-7-9-11-10-8-6-4-2;1-2-4-5-3-1/h3-10H2,1-2H3;1-4H2. The Morgan fingerprint density at radius 1 is 0.812 bits per heavy atom. The summed E-state index contributed by atoms with van der Waals surface area (Å²) < 4.78 is 10.4. The molecular weight excluding hydrogens is 200 g/mol. The summed E-state index contributed by atoms with van der Waals surface area (Å²) in [5, 5.41) is 0. The van der Waals surface area contributed by atoms with Crippen molar-refractivity contribution in [2.75, 3.05) is 26.4 Å². The first-order valence-electron chi connectivity index (χ1n) is 7.07. The summed E-state index contributed by atoms with van der Waals surface area (Å²) in [6, 6.07) is 0. The summed E-state index contributed by atoms with van der Waals surface area (Å²) >= 11 is 0. The highest BCUT2D eigenvalue weighted by molar-refractivity contribution is 4.43. The molecule has 0 unspecified atom stereocenters. The molecule has 0 saturated carbocycles. The minimum atomic E-state index is 0.970. The summed E-state index contributed by atoms with van der Waals surface area (Å²) in [6.45, 7) is 8.38. The van der Waals surface area contributed by atoms with Crippen LogP contribution in [0.25, 0.3) is 0 Å². The Hall–Kier alpha value is -0.0800. The lowest BCUT2D eigenvalue weighted by molar-refractivity contribution is 0.126. The molecule has 98 valence electrons. The molecule has 1 saturated heterocycles. The van der Waals surface area contributed by atoms with Crippen molar-refractivity contribution in [3.8, 4) is 0 Å². The monoisotopic (exact) mass is 230 g/mol. The predicted octanol–water partition coefficient (Wildman–Crippen LogP) is 4.18. The van der Waals surface area contributed by atoms with Crippen LogP contribution < -0.4 is 0 Å². The van der Waals surface area contributed by atoms with Gasteiger partial charge in [0.05, 0.1) is 0 Å². The van der Waals surface area contributed by atoms with Gasteiger partial charge < -0.3 is 9.47 Å². The van der Waals surface area contributed by atoms with Crippen LogP contribution in [0.2, 0.25) is 0 Å². The van der Waals surface area contributed by atoms with Gasteiger partial charge in [-0.05, 0) is 25.7 Å². The first-order chi connectivity index (χ1) is 7.91. The average molecular weight is 230 g/mol. The lowest BCUT2D eigenvalue weighted by atomic mass is 10.2. The van der Waals surface area contributed by atoms with Crippen LogP contribution in [0, 0.1) is 0 Å². The lowest BCUT2D eigenvalue weighted by Crippen LogP contribution is -1.96. The van der Waals surface area contributed by atoms with Crippen molar-refractivity contribution in [2.24, 2.45) is 0 Å². The Balaban J connectivity index is 0.000000368. The van der Waals surface area contributed by atoms with E-state index in [2.05, 4.69) is 13.8 Å². The number of ether oxygens (including phenoxy) is 2. The Kier molecular flexibility index (Phi) is 14.8. The normalized spacial score (nSPS) is 14.6. The van der Waals surface area contributed by atoms with E-state index in [-0.39, 0.29) is 0 Å². The fourth-order valence-electron chi connectivity index (χ4n) is 1.52. The highest BCUT2D eigenvalue weighted by atomic mass is 16.5. The molecule has 0 aromatic rings. The molecule has 2 nitrogen and oxygen atoms in total. The zero-order chi connectivity index (χ0) is 11.9. The molecule has 0 atom stereocenters. The minimum absolute atomic E-state index is 0.970. The second-order valence-electron chi connectivity index (χ2n) is 4.35. The quantitative estimate of drug-likeness (QED) is 0.582. The molecule has 1 aliphatic heterocycles. The first kappa shape index (κ1) is 15.9. The molecule has 1 heterocycles. The van der Waals surface area contributed by atoms with Crippen molar-refractivity contribution in [3.05, 3.63) is 0 Å². The van der Waals surface area contributed by atoms with Crippen LogP contribution in [0.4, 0.5) is 0 Å². The van der Waals surface area contributed by atoms with Crippen molar-refractivity contribution < 1.29 is 9.47 Å². The van der Waals surface area contributed by atoms with Crippen molar-refractivity contribution in [1.29, 1.82) is 0 Å². The zero-order valence-corrected chi connectivity index (χ0v) is 11.3. The van der Waals surface area contributed by atoms with E-state index >= 15 is 0 Å². The van der Waals surface area contributed by atoms with Crippen LogP contribution in [0.15, 0.2) is 0 Å². The molecule has 1 fully saturated rings.